The van der Waals surface area contributed by atoms with Crippen LogP contribution in [0.15, 0.2) is 69.3 Å². The molecule has 0 aliphatic carbocycles. The van der Waals surface area contributed by atoms with Crippen molar-refractivity contribution in [2.45, 2.75) is 31.2 Å². The molecule has 168 valence electrons. The van der Waals surface area contributed by atoms with Crippen molar-refractivity contribution in [1.29, 1.82) is 0 Å². The summed E-state index contributed by atoms with van der Waals surface area (Å²) in [6.45, 7) is 0. The van der Waals surface area contributed by atoms with Gasteiger partial charge in [0.15, 0.2) is 0 Å². The molecule has 15 heteroatoms. The fraction of sp³-hybridized carbons (Fsp3) is 0.200. The lowest BCUT2D eigenvalue weighted by Crippen LogP contribution is -2.33. The van der Waals surface area contributed by atoms with Gasteiger partial charge in [-0.3, -0.25) is 0 Å². The Morgan fingerprint density at radius 1 is 0.700 bits per heavy atom. The maximum Gasteiger partial charge on any atom is 0.523 e. The van der Waals surface area contributed by atoms with Gasteiger partial charge in [-0.1, -0.05) is 30.3 Å². The van der Waals surface area contributed by atoms with Gasteiger partial charge >= 0.3 is 26.6 Å². The lowest BCUT2D eigenvalue weighted by atomic mass is 10.4. The second kappa shape index (κ2) is 8.16. The number of alkyl halides is 9. The smallest absolute Gasteiger partial charge is 0.196 e. The summed E-state index contributed by atoms with van der Waals surface area (Å²) in [7, 11) is -12.5. The average molecular weight is 504 g/mol. The first-order chi connectivity index (χ1) is 13.5. The molecule has 0 aromatic heterocycles. The second-order valence-electron chi connectivity index (χ2n) is 5.28. The number of hydrogen-bond acceptors (Lipinski definition) is 4. The van der Waals surface area contributed by atoms with Crippen LogP contribution in [0.3, 0.4) is 0 Å². The van der Waals surface area contributed by atoms with E-state index in [0.29, 0.717) is 24.3 Å². The van der Waals surface area contributed by atoms with Gasteiger partial charge in [0.1, 0.15) is 0 Å². The molecule has 0 heterocycles. The van der Waals surface area contributed by atoms with Gasteiger partial charge in [-0.2, -0.15) is 51.6 Å². The van der Waals surface area contributed by atoms with Crippen LogP contribution in [0.2, 0.25) is 0 Å². The quantitative estimate of drug-likeness (QED) is 0.255. The van der Waals surface area contributed by atoms with E-state index < -0.39 is 63.4 Å². The number of benzene rings is 2. The summed E-state index contributed by atoms with van der Waals surface area (Å²) in [5.41, 5.74) is -17.2. The van der Waals surface area contributed by atoms with E-state index in [-0.39, 0.29) is 0 Å². The Kier molecular flexibility index (Phi) is 6.72. The van der Waals surface area contributed by atoms with E-state index in [1.165, 1.54) is 6.07 Å². The SMILES string of the molecule is O=S(=O)(OS(c1ccccc1)(c1ccccc1SC(F)(F)F)C(F)(F)F)C(F)(F)F. The number of halogens is 9. The van der Waals surface area contributed by atoms with Gasteiger partial charge in [0.2, 0.25) is 0 Å². The van der Waals surface area contributed by atoms with Crippen LogP contribution in [-0.2, 0) is 13.7 Å². The Balaban J connectivity index is 2.95. The molecule has 0 amide bonds. The Hall–Kier alpha value is -1.58. The number of hydrogen-bond donors (Lipinski definition) is 0. The Morgan fingerprint density at radius 3 is 1.67 bits per heavy atom. The highest BCUT2D eigenvalue weighted by Gasteiger charge is 2.62. The highest BCUT2D eigenvalue weighted by Crippen LogP contribution is 2.76. The van der Waals surface area contributed by atoms with E-state index in [9.17, 15) is 47.9 Å². The predicted octanol–water partition coefficient (Wildman–Crippen LogP) is 6.82. The molecule has 0 aliphatic rings. The molecule has 0 saturated carbocycles. The largest absolute Gasteiger partial charge is 0.523 e. The molecular formula is C15H9F9O3S3. The zero-order chi connectivity index (χ0) is 23.0. The van der Waals surface area contributed by atoms with Crippen LogP contribution in [0.25, 0.3) is 0 Å². The van der Waals surface area contributed by atoms with Crippen LogP contribution >= 0.6 is 22.1 Å². The van der Waals surface area contributed by atoms with Crippen LogP contribution in [0.4, 0.5) is 39.5 Å². The molecule has 0 aliphatic heterocycles. The highest BCUT2D eigenvalue weighted by molar-refractivity contribution is 8.34. The fourth-order valence-electron chi connectivity index (χ4n) is 2.18. The summed E-state index contributed by atoms with van der Waals surface area (Å²) < 4.78 is 147. The van der Waals surface area contributed by atoms with E-state index in [1.54, 1.807) is 0 Å². The summed E-state index contributed by atoms with van der Waals surface area (Å²) in [4.78, 5) is -3.63. The van der Waals surface area contributed by atoms with Crippen LogP contribution in [0.1, 0.15) is 0 Å². The third kappa shape index (κ3) is 5.00. The minimum Gasteiger partial charge on any atom is -0.196 e. The molecule has 0 N–H and O–H groups in total. The third-order valence-corrected chi connectivity index (χ3v) is 8.86. The maximum atomic E-state index is 14.3. The highest BCUT2D eigenvalue weighted by atomic mass is 32.3. The first-order valence-corrected chi connectivity index (χ1v) is 11.1. The lowest BCUT2D eigenvalue weighted by Gasteiger charge is -2.40. The molecule has 3 nitrogen and oxygen atoms in total. The van der Waals surface area contributed by atoms with Gasteiger partial charge in [-0.05, 0) is 36.0 Å². The normalized spacial score (nSPS) is 16.7. The van der Waals surface area contributed by atoms with Crippen molar-refractivity contribution in [3.05, 3.63) is 54.6 Å². The average Bonchev–Trinajstić information content (AvgIpc) is 2.57. The van der Waals surface area contributed by atoms with E-state index in [2.05, 4.69) is 3.63 Å². The van der Waals surface area contributed by atoms with Crippen LogP contribution in [0, 0.1) is 0 Å². The molecule has 1 atom stereocenters. The van der Waals surface area contributed by atoms with Crippen LogP contribution < -0.4 is 0 Å². The molecule has 1 unspecified atom stereocenters. The summed E-state index contributed by atoms with van der Waals surface area (Å²) in [5, 5.41) is 0. The standard InChI is InChI=1S/C15H9F9O3S3/c16-13(17,18)28-11-8-4-5-9-12(11)29(14(19,20)21,10-6-2-1-3-7-10)27-30(25,26)15(22,23)24/h1-9H. The zero-order valence-corrected chi connectivity index (χ0v) is 16.5. The van der Waals surface area contributed by atoms with Crippen molar-refractivity contribution in [2.24, 2.45) is 0 Å². The summed E-state index contributed by atoms with van der Waals surface area (Å²) in [6.07, 6.45) is 0. The van der Waals surface area contributed by atoms with Crippen molar-refractivity contribution < 1.29 is 51.6 Å². The Labute approximate surface area is 169 Å². The van der Waals surface area contributed by atoms with Crippen molar-refractivity contribution >= 4 is 32.2 Å². The molecule has 2 rings (SSSR count). The topological polar surface area (TPSA) is 43.4 Å². The molecule has 2 aromatic rings. The maximum absolute atomic E-state index is 14.3. The predicted molar refractivity (Wildman–Crippen MR) is 91.0 cm³/mol. The Morgan fingerprint density at radius 2 is 1.20 bits per heavy atom. The molecule has 2 aromatic carbocycles. The molecule has 0 spiro atoms. The van der Waals surface area contributed by atoms with Gasteiger partial charge in [0, 0.05) is 25.0 Å². The second-order valence-corrected chi connectivity index (χ2v) is 10.8. The minimum absolute atomic E-state index is 0.454. The molecular weight excluding hydrogens is 495 g/mol. The molecule has 30 heavy (non-hydrogen) atoms. The van der Waals surface area contributed by atoms with Crippen molar-refractivity contribution in [3.8, 4) is 0 Å². The molecule has 0 bridgehead atoms. The molecule has 0 fully saturated rings. The third-order valence-electron chi connectivity index (χ3n) is 3.26. The van der Waals surface area contributed by atoms with E-state index in [1.807, 2.05) is 0 Å². The van der Waals surface area contributed by atoms with Crippen LogP contribution in [-0.4, -0.2) is 24.9 Å². The van der Waals surface area contributed by atoms with Crippen molar-refractivity contribution in [3.63, 3.8) is 0 Å². The molecule has 0 saturated heterocycles. The fourth-order valence-corrected chi connectivity index (χ4v) is 7.46. The van der Waals surface area contributed by atoms with E-state index in [0.717, 1.165) is 24.3 Å². The van der Waals surface area contributed by atoms with E-state index in [4.69, 9.17) is 0 Å². The summed E-state index contributed by atoms with van der Waals surface area (Å²) >= 11 is -1.04. The van der Waals surface area contributed by atoms with Gasteiger partial charge < -0.3 is 0 Å². The van der Waals surface area contributed by atoms with Gasteiger partial charge in [-0.25, -0.2) is 0 Å². The van der Waals surface area contributed by atoms with Gasteiger partial charge in [0.25, 0.3) is 0 Å². The first-order valence-electron chi connectivity index (χ1n) is 7.33. The minimum atomic E-state index is -6.87. The lowest BCUT2D eigenvalue weighted by molar-refractivity contribution is -0.0553. The summed E-state index contributed by atoms with van der Waals surface area (Å²) in [6, 6.07) is 7.12. The van der Waals surface area contributed by atoms with Crippen molar-refractivity contribution in [2.75, 3.05) is 0 Å². The monoisotopic (exact) mass is 504 g/mol. The Bertz CT molecular complexity index is 986. The van der Waals surface area contributed by atoms with E-state index >= 15 is 0 Å². The van der Waals surface area contributed by atoms with Gasteiger partial charge in [-0.15, -0.1) is 0 Å². The van der Waals surface area contributed by atoms with Crippen molar-refractivity contribution in [1.82, 2.24) is 0 Å². The summed E-state index contributed by atoms with van der Waals surface area (Å²) in [5.74, 6) is 0. The zero-order valence-electron chi connectivity index (χ0n) is 14.0. The first kappa shape index (κ1) is 24.7. The van der Waals surface area contributed by atoms with Gasteiger partial charge in [0.05, 0.1) is 0 Å². The molecule has 0 radical (unpaired) electrons. The number of rotatable bonds is 5. The van der Waals surface area contributed by atoms with Crippen LogP contribution in [0.5, 0.6) is 0 Å². The number of thioether (sulfide) groups is 1.